The van der Waals surface area contributed by atoms with Crippen molar-refractivity contribution in [2.24, 2.45) is 7.05 Å². The van der Waals surface area contributed by atoms with Gasteiger partial charge in [-0.3, -0.25) is 14.2 Å². The zero-order valence-corrected chi connectivity index (χ0v) is 19.1. The lowest BCUT2D eigenvalue weighted by Crippen LogP contribution is -2.39. The zero-order valence-electron chi connectivity index (χ0n) is 19.1. The van der Waals surface area contributed by atoms with Crippen molar-refractivity contribution in [2.75, 3.05) is 11.9 Å². The number of amides is 1. The van der Waals surface area contributed by atoms with E-state index in [1.807, 2.05) is 26.2 Å². The fraction of sp³-hybridized carbons (Fsp3) is 0.409. The molecule has 3 N–H and O–H groups in total. The number of nitrogens with zero attached hydrogens (tertiary/aromatic N) is 6. The van der Waals surface area contributed by atoms with Gasteiger partial charge in [0.2, 0.25) is 5.95 Å². The van der Waals surface area contributed by atoms with E-state index in [1.54, 1.807) is 33.7 Å². The third-order valence-electron chi connectivity index (χ3n) is 6.28. The zero-order chi connectivity index (χ0) is 24.2. The summed E-state index contributed by atoms with van der Waals surface area (Å²) in [6.45, 7) is 1.88. The van der Waals surface area contributed by atoms with Gasteiger partial charge in [-0.2, -0.15) is 10.2 Å². The van der Waals surface area contributed by atoms with Crippen molar-refractivity contribution in [3.63, 3.8) is 0 Å². The molecule has 2 fully saturated rings. The van der Waals surface area contributed by atoms with Crippen molar-refractivity contribution in [3.8, 4) is 11.3 Å². The van der Waals surface area contributed by atoms with Gasteiger partial charge in [-0.1, -0.05) is 0 Å². The number of H-pyrrole nitrogens is 1. The molecule has 182 valence electrons. The van der Waals surface area contributed by atoms with Crippen LogP contribution in [0.3, 0.4) is 0 Å². The molecule has 12 nitrogen and oxygen atoms in total. The van der Waals surface area contributed by atoms with Crippen molar-refractivity contribution < 1.29 is 18.7 Å². The summed E-state index contributed by atoms with van der Waals surface area (Å²) in [4.78, 5) is 21.1. The molecular formula is C22H24FN9O3. The second-order valence-electron chi connectivity index (χ2n) is 9.18. The molecule has 5 heterocycles. The molecular weight excluding hydrogens is 457 g/mol. The molecule has 0 unspecified atom stereocenters. The van der Waals surface area contributed by atoms with Crippen LogP contribution >= 0.6 is 0 Å². The number of alkyl carbamates (subject to hydrolysis) is 1. The first kappa shape index (κ1) is 21.5. The fourth-order valence-corrected chi connectivity index (χ4v) is 4.04. The van der Waals surface area contributed by atoms with E-state index in [9.17, 15) is 4.79 Å². The minimum atomic E-state index is -1.53. The van der Waals surface area contributed by atoms with Crippen LogP contribution in [0.1, 0.15) is 31.6 Å². The molecule has 4 aromatic heterocycles. The van der Waals surface area contributed by atoms with E-state index in [-0.39, 0.29) is 12.1 Å². The van der Waals surface area contributed by atoms with E-state index < -0.39 is 24.5 Å². The molecule has 0 radical (unpaired) electrons. The smallest absolute Gasteiger partial charge is 0.408 e. The SMILES string of the molecule is Cn1cc(-c2cc3nccn3c(Nc3cc([C@H]4OC[C@@H](OC(=O)NC5(C)CC5)[C@H]4F)[nH]n3)n2)cn1. The quantitative estimate of drug-likeness (QED) is 0.382. The summed E-state index contributed by atoms with van der Waals surface area (Å²) in [6.07, 6.45) is 4.72. The third-order valence-corrected chi connectivity index (χ3v) is 6.28. The molecule has 35 heavy (non-hydrogen) atoms. The molecule has 1 amide bonds. The van der Waals surface area contributed by atoms with Gasteiger partial charge in [-0.05, 0) is 19.8 Å². The number of carbonyl (C=O) groups excluding carboxylic acids is 1. The molecule has 4 aromatic rings. The molecule has 1 saturated carbocycles. The topological polar surface area (TPSA) is 136 Å². The number of halogens is 1. The maximum atomic E-state index is 15.1. The Balaban J connectivity index is 1.18. The predicted octanol–water partition coefficient (Wildman–Crippen LogP) is 2.65. The summed E-state index contributed by atoms with van der Waals surface area (Å²) < 4.78 is 29.4. The lowest BCUT2D eigenvalue weighted by molar-refractivity contribution is 0.0604. The number of rotatable bonds is 6. The van der Waals surface area contributed by atoms with Crippen molar-refractivity contribution in [2.45, 2.75) is 43.7 Å². The Morgan fingerprint density at radius 2 is 2.23 bits per heavy atom. The average molecular weight is 481 g/mol. The molecule has 1 aliphatic heterocycles. The van der Waals surface area contributed by atoms with E-state index in [4.69, 9.17) is 9.47 Å². The van der Waals surface area contributed by atoms with Crippen LogP contribution in [0.4, 0.5) is 21.0 Å². The average Bonchev–Trinajstić information content (AvgIpc) is 3.34. The van der Waals surface area contributed by atoms with Gasteiger partial charge in [0.15, 0.2) is 18.1 Å². The second kappa shape index (κ2) is 8.05. The van der Waals surface area contributed by atoms with Crippen LogP contribution in [0.2, 0.25) is 0 Å². The van der Waals surface area contributed by atoms with Crippen LogP contribution in [-0.4, -0.2) is 64.9 Å². The summed E-state index contributed by atoms with van der Waals surface area (Å²) in [5, 5.41) is 17.2. The number of ether oxygens (including phenoxy) is 2. The fourth-order valence-electron chi connectivity index (χ4n) is 4.04. The van der Waals surface area contributed by atoms with Crippen LogP contribution in [0.5, 0.6) is 0 Å². The van der Waals surface area contributed by atoms with E-state index in [0.717, 1.165) is 18.4 Å². The summed E-state index contributed by atoms with van der Waals surface area (Å²) in [7, 11) is 1.83. The molecule has 13 heteroatoms. The number of hydrogen-bond donors (Lipinski definition) is 3. The largest absolute Gasteiger partial charge is 0.441 e. The Kier molecular flexibility index (Phi) is 4.95. The molecule has 3 atom stereocenters. The second-order valence-corrected chi connectivity index (χ2v) is 9.18. The molecule has 0 aromatic carbocycles. The number of aromatic amines is 1. The number of imidazole rings is 1. The van der Waals surface area contributed by atoms with Gasteiger partial charge in [0.05, 0.1) is 24.2 Å². The van der Waals surface area contributed by atoms with Gasteiger partial charge >= 0.3 is 6.09 Å². The van der Waals surface area contributed by atoms with Gasteiger partial charge in [-0.15, -0.1) is 0 Å². The molecule has 0 spiro atoms. The third kappa shape index (κ3) is 4.18. The van der Waals surface area contributed by atoms with Crippen molar-refractivity contribution in [3.05, 3.63) is 42.6 Å². The number of hydrogen-bond acceptors (Lipinski definition) is 8. The Labute approximate surface area is 198 Å². The first-order chi connectivity index (χ1) is 16.9. The molecule has 1 saturated heterocycles. The number of carbonyl (C=O) groups is 1. The summed E-state index contributed by atoms with van der Waals surface area (Å²) in [5.41, 5.74) is 2.41. The minimum absolute atomic E-state index is 0.0396. The number of fused-ring (bicyclic) bond motifs is 1. The number of anilines is 2. The van der Waals surface area contributed by atoms with Crippen LogP contribution in [-0.2, 0) is 16.5 Å². The highest BCUT2D eigenvalue weighted by Crippen LogP contribution is 2.36. The summed E-state index contributed by atoms with van der Waals surface area (Å²) >= 11 is 0. The predicted molar refractivity (Wildman–Crippen MR) is 122 cm³/mol. The van der Waals surface area contributed by atoms with E-state index in [0.29, 0.717) is 28.8 Å². The lowest BCUT2D eigenvalue weighted by atomic mass is 10.1. The molecule has 2 aliphatic rings. The van der Waals surface area contributed by atoms with E-state index >= 15 is 4.39 Å². The highest BCUT2D eigenvalue weighted by atomic mass is 19.1. The molecule has 6 rings (SSSR count). The molecule has 1 aliphatic carbocycles. The number of alkyl halides is 1. The monoisotopic (exact) mass is 481 g/mol. The first-order valence-electron chi connectivity index (χ1n) is 11.3. The van der Waals surface area contributed by atoms with Gasteiger partial charge < -0.3 is 20.1 Å². The summed E-state index contributed by atoms with van der Waals surface area (Å²) in [5.74, 6) is 0.901. The van der Waals surface area contributed by atoms with Crippen LogP contribution < -0.4 is 10.6 Å². The number of aromatic nitrogens is 7. The van der Waals surface area contributed by atoms with Crippen LogP contribution in [0.25, 0.3) is 16.9 Å². The minimum Gasteiger partial charge on any atom is -0.441 e. The van der Waals surface area contributed by atoms with Crippen molar-refractivity contribution in [1.82, 2.24) is 39.7 Å². The maximum absolute atomic E-state index is 15.1. The van der Waals surface area contributed by atoms with Gasteiger partial charge in [0.25, 0.3) is 0 Å². The number of nitrogens with one attached hydrogen (secondary N) is 3. The Morgan fingerprint density at radius 1 is 1.37 bits per heavy atom. The van der Waals surface area contributed by atoms with Gasteiger partial charge in [0.1, 0.15) is 11.8 Å². The Hall–Kier alpha value is -4.00. The number of aryl methyl sites for hydroxylation is 1. The van der Waals surface area contributed by atoms with E-state index in [2.05, 4.69) is 35.9 Å². The Morgan fingerprint density at radius 3 is 3.00 bits per heavy atom. The maximum Gasteiger partial charge on any atom is 0.408 e. The Bertz CT molecular complexity index is 1390. The first-order valence-corrected chi connectivity index (χ1v) is 11.3. The lowest BCUT2D eigenvalue weighted by Gasteiger charge is -2.17. The summed E-state index contributed by atoms with van der Waals surface area (Å²) in [6, 6.07) is 3.50. The highest BCUT2D eigenvalue weighted by Gasteiger charge is 2.44. The normalized spacial score (nSPS) is 22.9. The van der Waals surface area contributed by atoms with Gasteiger partial charge in [0, 0.05) is 48.9 Å². The van der Waals surface area contributed by atoms with Crippen molar-refractivity contribution in [1.29, 1.82) is 0 Å². The highest BCUT2D eigenvalue weighted by molar-refractivity contribution is 5.69. The van der Waals surface area contributed by atoms with Crippen LogP contribution in [0, 0.1) is 0 Å². The standard InChI is InChI=1S/C22H24FN9O3/c1-22(3-4-22)28-21(33)35-15-11-34-19(18(15)23)14-7-16(30-29-14)27-20-26-13(12-9-25-31(2)10-12)8-17-24-5-6-32(17)20/h5-10,15,18-19H,3-4,11H2,1-2H3,(H,28,33)(H2,26,27,29,30)/t15-,18-,19-/m1/s1. The van der Waals surface area contributed by atoms with E-state index in [1.165, 1.54) is 0 Å². The van der Waals surface area contributed by atoms with Crippen LogP contribution in [0.15, 0.2) is 36.9 Å². The molecule has 0 bridgehead atoms. The van der Waals surface area contributed by atoms with Crippen molar-refractivity contribution >= 4 is 23.5 Å². The van der Waals surface area contributed by atoms with Gasteiger partial charge in [-0.25, -0.2) is 19.2 Å².